The Balaban J connectivity index is 1.56. The standard InChI is InChI=1S/C24H16Br2FNO4S/c1-31-20-8-3-2-7-19(20)28-23(29)21(33-24(28)30)12-15-10-17(25)22(18(26)11-15)32-13-14-5-4-6-16(27)9-14/h2-12H,13H2,1H3/b21-12-. The van der Waals surface area contributed by atoms with Crippen molar-refractivity contribution in [2.45, 2.75) is 6.61 Å². The molecule has 0 atom stereocenters. The van der Waals surface area contributed by atoms with Crippen LogP contribution in [0, 0.1) is 5.82 Å². The zero-order valence-electron chi connectivity index (χ0n) is 17.2. The van der Waals surface area contributed by atoms with Crippen LogP contribution >= 0.6 is 43.6 Å². The van der Waals surface area contributed by atoms with Crippen molar-refractivity contribution in [1.82, 2.24) is 0 Å². The number of para-hydroxylation sites is 2. The van der Waals surface area contributed by atoms with Crippen LogP contribution in [-0.4, -0.2) is 18.3 Å². The third-order valence-corrected chi connectivity index (χ3v) is 6.76. The van der Waals surface area contributed by atoms with Crippen molar-refractivity contribution in [3.05, 3.63) is 91.5 Å². The molecule has 1 aliphatic heterocycles. The summed E-state index contributed by atoms with van der Waals surface area (Å²) in [5.74, 6) is 0.227. The average molecular weight is 593 g/mol. The molecule has 1 aliphatic rings. The van der Waals surface area contributed by atoms with Crippen molar-refractivity contribution in [1.29, 1.82) is 0 Å². The van der Waals surface area contributed by atoms with E-state index in [1.165, 1.54) is 19.2 Å². The van der Waals surface area contributed by atoms with E-state index in [0.29, 0.717) is 37.3 Å². The van der Waals surface area contributed by atoms with Gasteiger partial charge in [-0.1, -0.05) is 24.3 Å². The van der Waals surface area contributed by atoms with Crippen LogP contribution in [0.2, 0.25) is 0 Å². The summed E-state index contributed by atoms with van der Waals surface area (Å²) in [4.78, 5) is 27.0. The first-order chi connectivity index (χ1) is 15.9. The van der Waals surface area contributed by atoms with Crippen LogP contribution in [-0.2, 0) is 11.4 Å². The maximum absolute atomic E-state index is 13.4. The molecule has 3 aromatic rings. The van der Waals surface area contributed by atoms with Gasteiger partial charge in [0.1, 0.15) is 23.9 Å². The summed E-state index contributed by atoms with van der Waals surface area (Å²) >= 11 is 7.83. The number of nitrogens with zero attached hydrogens (tertiary/aromatic N) is 1. The van der Waals surface area contributed by atoms with Crippen molar-refractivity contribution in [2.24, 2.45) is 0 Å². The van der Waals surface area contributed by atoms with Gasteiger partial charge in [0.2, 0.25) is 0 Å². The Morgan fingerprint density at radius 3 is 2.45 bits per heavy atom. The zero-order chi connectivity index (χ0) is 23.5. The van der Waals surface area contributed by atoms with Gasteiger partial charge >= 0.3 is 0 Å². The van der Waals surface area contributed by atoms with Crippen LogP contribution in [0.4, 0.5) is 14.9 Å². The number of amides is 2. The van der Waals surface area contributed by atoms with Crippen LogP contribution < -0.4 is 14.4 Å². The fourth-order valence-electron chi connectivity index (χ4n) is 3.22. The molecule has 4 rings (SSSR count). The molecular formula is C24H16Br2FNO4S. The van der Waals surface area contributed by atoms with Crippen LogP contribution in [0.3, 0.4) is 0 Å². The normalized spacial score (nSPS) is 14.8. The lowest BCUT2D eigenvalue weighted by atomic mass is 10.2. The van der Waals surface area contributed by atoms with Crippen LogP contribution in [0.5, 0.6) is 11.5 Å². The van der Waals surface area contributed by atoms with Crippen molar-refractivity contribution >= 4 is 66.5 Å². The Morgan fingerprint density at radius 1 is 1.03 bits per heavy atom. The van der Waals surface area contributed by atoms with Crippen LogP contribution in [0.25, 0.3) is 6.08 Å². The molecule has 9 heteroatoms. The van der Waals surface area contributed by atoms with Gasteiger partial charge in [-0.05, 0) is 97.2 Å². The number of halogens is 3. The molecule has 1 heterocycles. The molecular weight excluding hydrogens is 577 g/mol. The third-order valence-electron chi connectivity index (χ3n) is 4.71. The van der Waals surface area contributed by atoms with E-state index in [9.17, 15) is 14.0 Å². The molecule has 0 unspecified atom stereocenters. The molecule has 0 saturated carbocycles. The number of methoxy groups -OCH3 is 1. The van der Waals surface area contributed by atoms with E-state index < -0.39 is 11.1 Å². The largest absolute Gasteiger partial charge is 0.495 e. The van der Waals surface area contributed by atoms with Gasteiger partial charge in [0.25, 0.3) is 11.1 Å². The van der Waals surface area contributed by atoms with E-state index in [2.05, 4.69) is 31.9 Å². The molecule has 5 nitrogen and oxygen atoms in total. The highest BCUT2D eigenvalue weighted by Crippen LogP contribution is 2.41. The van der Waals surface area contributed by atoms with E-state index in [1.807, 2.05) is 0 Å². The summed E-state index contributed by atoms with van der Waals surface area (Å²) in [5, 5.41) is -0.399. The molecule has 168 valence electrons. The fourth-order valence-corrected chi connectivity index (χ4v) is 5.51. The highest BCUT2D eigenvalue weighted by molar-refractivity contribution is 9.11. The molecule has 33 heavy (non-hydrogen) atoms. The maximum atomic E-state index is 13.4. The van der Waals surface area contributed by atoms with Crippen molar-refractivity contribution in [3.8, 4) is 11.5 Å². The minimum absolute atomic E-state index is 0.187. The lowest BCUT2D eigenvalue weighted by molar-refractivity contribution is -0.113. The smallest absolute Gasteiger partial charge is 0.298 e. The number of anilines is 1. The van der Waals surface area contributed by atoms with Crippen molar-refractivity contribution < 1.29 is 23.5 Å². The predicted molar refractivity (Wildman–Crippen MR) is 134 cm³/mol. The van der Waals surface area contributed by atoms with E-state index >= 15 is 0 Å². The Morgan fingerprint density at radius 2 is 1.76 bits per heavy atom. The Bertz CT molecular complexity index is 1260. The molecule has 0 aromatic heterocycles. The van der Waals surface area contributed by atoms with Gasteiger partial charge in [0, 0.05) is 0 Å². The van der Waals surface area contributed by atoms with Gasteiger partial charge in [0.15, 0.2) is 0 Å². The first kappa shape index (κ1) is 23.5. The Hall–Kier alpha value is -2.62. The van der Waals surface area contributed by atoms with Gasteiger partial charge in [-0.25, -0.2) is 9.29 Å². The lowest BCUT2D eigenvalue weighted by Gasteiger charge is -2.15. The Labute approximate surface area is 210 Å². The molecule has 0 N–H and O–H groups in total. The summed E-state index contributed by atoms with van der Waals surface area (Å²) < 4.78 is 25.8. The van der Waals surface area contributed by atoms with Gasteiger partial charge in [-0.3, -0.25) is 9.59 Å². The summed E-state index contributed by atoms with van der Waals surface area (Å²) in [6, 6.07) is 16.6. The van der Waals surface area contributed by atoms with Crippen LogP contribution in [0.1, 0.15) is 11.1 Å². The van der Waals surface area contributed by atoms with Crippen LogP contribution in [0.15, 0.2) is 74.5 Å². The van der Waals surface area contributed by atoms with Gasteiger partial charge < -0.3 is 9.47 Å². The molecule has 0 radical (unpaired) electrons. The number of hydrogen-bond donors (Lipinski definition) is 0. The monoisotopic (exact) mass is 591 g/mol. The maximum Gasteiger partial charge on any atom is 0.298 e. The second kappa shape index (κ2) is 10.1. The first-order valence-corrected chi connectivity index (χ1v) is 12.0. The zero-order valence-corrected chi connectivity index (χ0v) is 21.2. The number of carbonyl (C=O) groups excluding carboxylic acids is 2. The van der Waals surface area contributed by atoms with Gasteiger partial charge in [-0.2, -0.15) is 0 Å². The third kappa shape index (κ3) is 5.15. The average Bonchev–Trinajstić information content (AvgIpc) is 3.05. The van der Waals surface area contributed by atoms with E-state index in [4.69, 9.17) is 9.47 Å². The SMILES string of the molecule is COc1ccccc1N1C(=O)S/C(=C\c2cc(Br)c(OCc3cccc(F)c3)c(Br)c2)C1=O. The molecule has 0 aliphatic carbocycles. The molecule has 2 amide bonds. The number of imide groups is 1. The van der Waals surface area contributed by atoms with Crippen molar-refractivity contribution in [3.63, 3.8) is 0 Å². The number of benzene rings is 3. The minimum Gasteiger partial charge on any atom is -0.495 e. The van der Waals surface area contributed by atoms with E-state index in [-0.39, 0.29) is 17.3 Å². The number of ether oxygens (including phenoxy) is 2. The van der Waals surface area contributed by atoms with E-state index in [1.54, 1.807) is 54.6 Å². The first-order valence-electron chi connectivity index (χ1n) is 9.64. The number of rotatable bonds is 6. The van der Waals surface area contributed by atoms with E-state index in [0.717, 1.165) is 16.7 Å². The predicted octanol–water partition coefficient (Wildman–Crippen LogP) is 7.18. The fraction of sp³-hybridized carbons (Fsp3) is 0.0833. The highest BCUT2D eigenvalue weighted by Gasteiger charge is 2.37. The number of thioether (sulfide) groups is 1. The summed E-state index contributed by atoms with van der Waals surface area (Å²) in [7, 11) is 1.49. The second-order valence-corrected chi connectivity index (χ2v) is 9.62. The van der Waals surface area contributed by atoms with Gasteiger partial charge in [-0.15, -0.1) is 0 Å². The summed E-state index contributed by atoms with van der Waals surface area (Å²) in [6.07, 6.45) is 1.65. The Kier molecular flexibility index (Phi) is 7.21. The second-order valence-electron chi connectivity index (χ2n) is 6.92. The molecule has 3 aromatic carbocycles. The minimum atomic E-state index is -0.423. The topological polar surface area (TPSA) is 55.8 Å². The highest BCUT2D eigenvalue weighted by atomic mass is 79.9. The van der Waals surface area contributed by atoms with Crippen molar-refractivity contribution in [2.75, 3.05) is 12.0 Å². The molecule has 1 saturated heterocycles. The summed E-state index contributed by atoms with van der Waals surface area (Å²) in [6.45, 7) is 0.187. The molecule has 0 spiro atoms. The number of carbonyl (C=O) groups is 2. The lowest BCUT2D eigenvalue weighted by Crippen LogP contribution is -2.28. The summed E-state index contributed by atoms with van der Waals surface area (Å²) in [5.41, 5.74) is 1.79. The number of hydrogen-bond acceptors (Lipinski definition) is 5. The molecule has 1 fully saturated rings. The van der Waals surface area contributed by atoms with Gasteiger partial charge in [0.05, 0.1) is 26.6 Å². The quantitative estimate of drug-likeness (QED) is 0.284. The molecule has 0 bridgehead atoms.